The van der Waals surface area contributed by atoms with Crippen molar-refractivity contribution in [2.45, 2.75) is 17.6 Å². The SMILES string of the molecule is COCC1C(C(=O)O)N1C(c1ccccc1)(c1ccccc1)c1ccccc1. The highest BCUT2D eigenvalue weighted by Crippen LogP contribution is 2.51. The molecule has 3 atom stereocenters. The van der Waals surface area contributed by atoms with Gasteiger partial charge < -0.3 is 9.84 Å². The summed E-state index contributed by atoms with van der Waals surface area (Å²) in [5.74, 6) is -0.825. The maximum atomic E-state index is 12.1. The number of benzene rings is 3. The van der Waals surface area contributed by atoms with E-state index in [4.69, 9.17) is 4.74 Å². The molecule has 4 rings (SSSR count). The first kappa shape index (κ1) is 18.4. The predicted octanol–water partition coefficient (Wildman–Crippen LogP) is 3.76. The highest BCUT2D eigenvalue weighted by atomic mass is 16.5. The normalized spacial score (nSPS) is 21.2. The number of aliphatic carboxylic acids is 1. The molecule has 1 saturated heterocycles. The summed E-state index contributed by atoms with van der Waals surface area (Å²) in [6.45, 7) is 0.366. The van der Waals surface area contributed by atoms with Crippen LogP contribution in [-0.4, -0.2) is 41.8 Å². The number of rotatable bonds is 7. The summed E-state index contributed by atoms with van der Waals surface area (Å²) in [6, 6.07) is 29.6. The molecule has 0 bridgehead atoms. The first-order valence-electron chi connectivity index (χ1n) is 9.38. The minimum atomic E-state index is -0.825. The Morgan fingerprint density at radius 3 is 1.57 bits per heavy atom. The first-order valence-corrected chi connectivity index (χ1v) is 9.38. The van der Waals surface area contributed by atoms with Crippen LogP contribution in [0.5, 0.6) is 0 Å². The Balaban J connectivity index is 2.01. The van der Waals surface area contributed by atoms with Crippen molar-refractivity contribution in [1.29, 1.82) is 0 Å². The highest BCUT2D eigenvalue weighted by Gasteiger charge is 2.63. The van der Waals surface area contributed by atoms with Gasteiger partial charge in [0, 0.05) is 7.11 Å². The standard InChI is InChI=1S/C24H23NO3/c1-28-17-21-22(23(26)27)25(21)24(18-11-5-2-6-12-18,19-13-7-3-8-14-19)20-15-9-4-10-16-20/h2-16,21-22H,17H2,1H3,(H,26,27). The Kier molecular flexibility index (Phi) is 4.99. The smallest absolute Gasteiger partial charge is 0.322 e. The van der Waals surface area contributed by atoms with Crippen LogP contribution in [0.4, 0.5) is 0 Å². The van der Waals surface area contributed by atoms with Gasteiger partial charge in [0.25, 0.3) is 0 Å². The molecular weight excluding hydrogens is 350 g/mol. The lowest BCUT2D eigenvalue weighted by atomic mass is 9.76. The fourth-order valence-corrected chi connectivity index (χ4v) is 4.35. The van der Waals surface area contributed by atoms with Gasteiger partial charge in [-0.3, -0.25) is 9.69 Å². The molecule has 28 heavy (non-hydrogen) atoms. The molecule has 1 N–H and O–H groups in total. The van der Waals surface area contributed by atoms with Crippen LogP contribution in [-0.2, 0) is 15.1 Å². The van der Waals surface area contributed by atoms with Crippen molar-refractivity contribution < 1.29 is 14.6 Å². The highest BCUT2D eigenvalue weighted by molar-refractivity contribution is 5.79. The van der Waals surface area contributed by atoms with Gasteiger partial charge in [-0.25, -0.2) is 0 Å². The van der Waals surface area contributed by atoms with E-state index in [1.165, 1.54) is 0 Å². The topological polar surface area (TPSA) is 49.5 Å². The molecule has 4 nitrogen and oxygen atoms in total. The maximum Gasteiger partial charge on any atom is 0.322 e. The van der Waals surface area contributed by atoms with Gasteiger partial charge in [0.05, 0.1) is 18.2 Å². The predicted molar refractivity (Wildman–Crippen MR) is 108 cm³/mol. The van der Waals surface area contributed by atoms with Crippen molar-refractivity contribution in [3.05, 3.63) is 108 Å². The summed E-state index contributed by atoms with van der Waals surface area (Å²) in [7, 11) is 1.62. The quantitative estimate of drug-likeness (QED) is 0.506. The molecule has 1 heterocycles. The fourth-order valence-electron chi connectivity index (χ4n) is 4.35. The lowest BCUT2D eigenvalue weighted by Crippen LogP contribution is -2.40. The number of methoxy groups -OCH3 is 1. The molecule has 4 heteroatoms. The molecule has 0 aromatic heterocycles. The molecule has 3 aromatic carbocycles. The van der Waals surface area contributed by atoms with E-state index in [1.54, 1.807) is 7.11 Å². The van der Waals surface area contributed by atoms with Crippen LogP contribution in [0.25, 0.3) is 0 Å². The Bertz CT molecular complexity index is 831. The van der Waals surface area contributed by atoms with Crippen molar-refractivity contribution >= 4 is 5.97 Å². The van der Waals surface area contributed by atoms with Crippen LogP contribution < -0.4 is 0 Å². The van der Waals surface area contributed by atoms with Crippen molar-refractivity contribution in [2.75, 3.05) is 13.7 Å². The summed E-state index contributed by atoms with van der Waals surface area (Å²) in [6.07, 6.45) is 0. The summed E-state index contributed by atoms with van der Waals surface area (Å²) >= 11 is 0. The Morgan fingerprint density at radius 1 is 0.857 bits per heavy atom. The van der Waals surface area contributed by atoms with Crippen molar-refractivity contribution in [3.8, 4) is 0 Å². The van der Waals surface area contributed by atoms with E-state index < -0.39 is 17.6 Å². The zero-order valence-electron chi connectivity index (χ0n) is 15.7. The molecule has 3 aromatic rings. The van der Waals surface area contributed by atoms with Crippen molar-refractivity contribution in [1.82, 2.24) is 4.90 Å². The van der Waals surface area contributed by atoms with Crippen LogP contribution in [0, 0.1) is 0 Å². The van der Waals surface area contributed by atoms with Gasteiger partial charge in [0.1, 0.15) is 6.04 Å². The Morgan fingerprint density at radius 2 is 1.25 bits per heavy atom. The lowest BCUT2D eigenvalue weighted by Gasteiger charge is -2.38. The van der Waals surface area contributed by atoms with Gasteiger partial charge in [-0.1, -0.05) is 91.0 Å². The third-order valence-corrected chi connectivity index (χ3v) is 5.48. The molecule has 1 aliphatic rings. The largest absolute Gasteiger partial charge is 0.480 e. The van der Waals surface area contributed by atoms with E-state index in [0.29, 0.717) is 6.61 Å². The van der Waals surface area contributed by atoms with E-state index in [0.717, 1.165) is 16.7 Å². The van der Waals surface area contributed by atoms with Gasteiger partial charge in [0.2, 0.25) is 0 Å². The number of hydrogen-bond acceptors (Lipinski definition) is 3. The summed E-state index contributed by atoms with van der Waals surface area (Å²) in [5, 5.41) is 9.93. The summed E-state index contributed by atoms with van der Waals surface area (Å²) in [4.78, 5) is 14.2. The lowest BCUT2D eigenvalue weighted by molar-refractivity contribution is -0.137. The third kappa shape index (κ3) is 2.91. The number of ether oxygens (including phenoxy) is 1. The minimum Gasteiger partial charge on any atom is -0.480 e. The van der Waals surface area contributed by atoms with E-state index in [1.807, 2.05) is 54.6 Å². The number of hydrogen-bond donors (Lipinski definition) is 1. The second kappa shape index (κ2) is 7.58. The van der Waals surface area contributed by atoms with E-state index in [-0.39, 0.29) is 6.04 Å². The molecule has 1 fully saturated rings. The Hall–Kier alpha value is -2.95. The van der Waals surface area contributed by atoms with Crippen LogP contribution in [0.2, 0.25) is 0 Å². The average molecular weight is 373 g/mol. The number of carboxylic acid groups (broad SMARTS) is 1. The molecule has 0 amide bonds. The molecule has 142 valence electrons. The van der Waals surface area contributed by atoms with Gasteiger partial charge in [-0.05, 0) is 16.7 Å². The molecule has 0 spiro atoms. The first-order chi connectivity index (χ1) is 13.7. The van der Waals surface area contributed by atoms with Crippen LogP contribution in [0.3, 0.4) is 0 Å². The second-order valence-corrected chi connectivity index (χ2v) is 7.02. The van der Waals surface area contributed by atoms with Crippen LogP contribution in [0.1, 0.15) is 16.7 Å². The number of carbonyl (C=O) groups is 1. The van der Waals surface area contributed by atoms with Crippen LogP contribution >= 0.6 is 0 Å². The van der Waals surface area contributed by atoms with Crippen molar-refractivity contribution in [3.63, 3.8) is 0 Å². The molecular formula is C24H23NO3. The summed E-state index contributed by atoms with van der Waals surface area (Å²) in [5.41, 5.74) is 2.41. The molecule has 0 aliphatic carbocycles. The fraction of sp³-hybridized carbons (Fsp3) is 0.208. The average Bonchev–Trinajstić information content (AvgIpc) is 3.46. The zero-order valence-corrected chi connectivity index (χ0v) is 15.7. The van der Waals surface area contributed by atoms with Gasteiger partial charge >= 0.3 is 5.97 Å². The molecule has 0 radical (unpaired) electrons. The Labute approximate surface area is 165 Å². The summed E-state index contributed by atoms with van der Waals surface area (Å²) < 4.78 is 5.37. The number of carboxylic acids is 1. The van der Waals surface area contributed by atoms with E-state index in [9.17, 15) is 9.90 Å². The van der Waals surface area contributed by atoms with Gasteiger partial charge in [-0.2, -0.15) is 0 Å². The number of nitrogens with zero attached hydrogens (tertiary/aromatic N) is 1. The zero-order chi connectivity index (χ0) is 19.6. The monoisotopic (exact) mass is 373 g/mol. The van der Waals surface area contributed by atoms with Crippen LogP contribution in [0.15, 0.2) is 91.0 Å². The van der Waals surface area contributed by atoms with E-state index in [2.05, 4.69) is 41.3 Å². The minimum absolute atomic E-state index is 0.205. The van der Waals surface area contributed by atoms with Gasteiger partial charge in [-0.15, -0.1) is 0 Å². The molecule has 0 saturated carbocycles. The van der Waals surface area contributed by atoms with Crippen molar-refractivity contribution in [2.24, 2.45) is 0 Å². The van der Waals surface area contributed by atoms with Gasteiger partial charge in [0.15, 0.2) is 0 Å². The third-order valence-electron chi connectivity index (χ3n) is 5.48. The maximum absolute atomic E-state index is 12.1. The molecule has 1 aliphatic heterocycles. The second-order valence-electron chi connectivity index (χ2n) is 7.02. The van der Waals surface area contributed by atoms with E-state index >= 15 is 0 Å². The molecule has 3 unspecified atom stereocenters.